The number of fused-ring (bicyclic) bond motifs is 1. The first kappa shape index (κ1) is 7.10. The van der Waals surface area contributed by atoms with Gasteiger partial charge in [-0.25, -0.2) is 0 Å². The third-order valence-corrected chi connectivity index (χ3v) is 2.10. The third kappa shape index (κ3) is 0.925. The average Bonchev–Trinajstić information content (AvgIpc) is 2.49. The minimum Gasteiger partial charge on any atom is -0.366 e. The van der Waals surface area contributed by atoms with Gasteiger partial charge in [0, 0.05) is 5.56 Å². The van der Waals surface area contributed by atoms with Crippen LogP contribution in [-0.2, 0) is 6.42 Å². The molecule has 0 fully saturated rings. The van der Waals surface area contributed by atoms with Crippen LogP contribution in [0.2, 0.25) is 0 Å². The number of carbonyl (C=O) groups is 1. The Balaban J connectivity index is 2.60. The van der Waals surface area contributed by atoms with Crippen molar-refractivity contribution >= 4 is 12.0 Å². The van der Waals surface area contributed by atoms with Gasteiger partial charge in [-0.15, -0.1) is 0 Å². The molecule has 1 amide bonds. The van der Waals surface area contributed by atoms with Crippen molar-refractivity contribution in [1.82, 2.24) is 0 Å². The molecule has 0 bridgehead atoms. The van der Waals surface area contributed by atoms with E-state index in [1.54, 1.807) is 6.07 Å². The standard InChI is InChI=1S/C10H9NO/c11-10(12)9-6-2-4-7-3-1-5-8(7)9/h1-4,6H,5H2,(H2,11,12). The molecule has 0 aromatic heterocycles. The lowest BCUT2D eigenvalue weighted by molar-refractivity contribution is 0.0999. The smallest absolute Gasteiger partial charge is 0.249 e. The number of nitrogens with two attached hydrogens (primary N) is 1. The number of primary amides is 1. The molecule has 2 heteroatoms. The lowest BCUT2D eigenvalue weighted by atomic mass is 10.0. The molecule has 0 aliphatic heterocycles. The van der Waals surface area contributed by atoms with Crippen molar-refractivity contribution in [2.24, 2.45) is 5.73 Å². The zero-order chi connectivity index (χ0) is 8.55. The second kappa shape index (κ2) is 2.48. The van der Waals surface area contributed by atoms with E-state index in [1.165, 1.54) is 0 Å². The van der Waals surface area contributed by atoms with Gasteiger partial charge in [-0.1, -0.05) is 24.3 Å². The quantitative estimate of drug-likeness (QED) is 0.660. The maximum atomic E-state index is 11.0. The second-order valence-electron chi connectivity index (χ2n) is 2.84. The topological polar surface area (TPSA) is 43.1 Å². The molecule has 1 aromatic rings. The van der Waals surface area contributed by atoms with Crippen LogP contribution in [0.4, 0.5) is 0 Å². The molecule has 0 spiro atoms. The van der Waals surface area contributed by atoms with E-state index in [4.69, 9.17) is 5.73 Å². The van der Waals surface area contributed by atoms with Gasteiger partial charge in [-0.05, 0) is 23.6 Å². The Morgan fingerprint density at radius 3 is 3.00 bits per heavy atom. The molecular formula is C10H9NO. The van der Waals surface area contributed by atoms with Gasteiger partial charge < -0.3 is 5.73 Å². The van der Waals surface area contributed by atoms with Crippen LogP contribution < -0.4 is 5.73 Å². The molecule has 2 nitrogen and oxygen atoms in total. The normalized spacial score (nSPS) is 13.0. The van der Waals surface area contributed by atoms with Crippen molar-refractivity contribution in [3.05, 3.63) is 41.0 Å². The molecule has 0 saturated carbocycles. The molecule has 0 unspecified atom stereocenters. The van der Waals surface area contributed by atoms with Crippen molar-refractivity contribution < 1.29 is 4.79 Å². The van der Waals surface area contributed by atoms with Crippen molar-refractivity contribution in [3.8, 4) is 0 Å². The highest BCUT2D eigenvalue weighted by Gasteiger charge is 2.12. The zero-order valence-corrected chi connectivity index (χ0v) is 6.58. The van der Waals surface area contributed by atoms with E-state index in [0.29, 0.717) is 5.56 Å². The predicted molar refractivity (Wildman–Crippen MR) is 47.7 cm³/mol. The van der Waals surface area contributed by atoms with Crippen LogP contribution in [0.25, 0.3) is 6.08 Å². The number of rotatable bonds is 1. The van der Waals surface area contributed by atoms with Crippen molar-refractivity contribution in [3.63, 3.8) is 0 Å². The van der Waals surface area contributed by atoms with Crippen molar-refractivity contribution in [1.29, 1.82) is 0 Å². The van der Waals surface area contributed by atoms with Gasteiger partial charge in [0.25, 0.3) is 0 Å². The highest BCUT2D eigenvalue weighted by atomic mass is 16.1. The summed E-state index contributed by atoms with van der Waals surface area (Å²) in [5.41, 5.74) is 8.05. The van der Waals surface area contributed by atoms with E-state index in [9.17, 15) is 4.79 Å². The van der Waals surface area contributed by atoms with Crippen LogP contribution in [0.3, 0.4) is 0 Å². The number of allylic oxidation sites excluding steroid dienone is 1. The molecule has 60 valence electrons. The minimum absolute atomic E-state index is 0.337. The summed E-state index contributed by atoms with van der Waals surface area (Å²) in [6, 6.07) is 5.62. The lowest BCUT2D eigenvalue weighted by Gasteiger charge is -2.03. The minimum atomic E-state index is -0.337. The molecule has 0 atom stereocenters. The summed E-state index contributed by atoms with van der Waals surface area (Å²) in [6.45, 7) is 0. The molecule has 2 rings (SSSR count). The summed E-state index contributed by atoms with van der Waals surface area (Å²) in [7, 11) is 0. The Kier molecular flexibility index (Phi) is 1.47. The molecule has 0 heterocycles. The second-order valence-corrected chi connectivity index (χ2v) is 2.84. The summed E-state index contributed by atoms with van der Waals surface area (Å²) in [4.78, 5) is 11.0. The summed E-state index contributed by atoms with van der Waals surface area (Å²) >= 11 is 0. The zero-order valence-electron chi connectivity index (χ0n) is 6.58. The molecule has 0 saturated heterocycles. The van der Waals surface area contributed by atoms with Crippen molar-refractivity contribution in [2.45, 2.75) is 6.42 Å². The Morgan fingerprint density at radius 1 is 1.42 bits per heavy atom. The number of carbonyl (C=O) groups excluding carboxylic acids is 1. The van der Waals surface area contributed by atoms with Gasteiger partial charge in [0.1, 0.15) is 0 Å². The van der Waals surface area contributed by atoms with E-state index in [2.05, 4.69) is 0 Å². The summed E-state index contributed by atoms with van der Waals surface area (Å²) in [6.07, 6.45) is 4.88. The summed E-state index contributed by atoms with van der Waals surface area (Å²) < 4.78 is 0. The van der Waals surface area contributed by atoms with Gasteiger partial charge in [-0.3, -0.25) is 4.79 Å². The Morgan fingerprint density at radius 2 is 2.25 bits per heavy atom. The molecular weight excluding hydrogens is 150 g/mol. The third-order valence-electron chi connectivity index (χ3n) is 2.10. The Bertz CT molecular complexity index is 366. The Labute approximate surface area is 70.7 Å². The van der Waals surface area contributed by atoms with Crippen LogP contribution in [0.15, 0.2) is 24.3 Å². The average molecular weight is 159 g/mol. The molecule has 12 heavy (non-hydrogen) atoms. The number of benzene rings is 1. The first-order valence-electron chi connectivity index (χ1n) is 3.87. The van der Waals surface area contributed by atoms with Gasteiger partial charge in [-0.2, -0.15) is 0 Å². The predicted octanol–water partition coefficient (Wildman–Crippen LogP) is 1.35. The van der Waals surface area contributed by atoms with E-state index in [1.807, 2.05) is 24.3 Å². The maximum Gasteiger partial charge on any atom is 0.249 e. The first-order valence-corrected chi connectivity index (χ1v) is 3.87. The van der Waals surface area contributed by atoms with Gasteiger partial charge in [0.2, 0.25) is 5.91 Å². The molecule has 2 N–H and O–H groups in total. The fraction of sp³-hybridized carbons (Fsp3) is 0.100. The highest BCUT2D eigenvalue weighted by molar-refractivity contribution is 5.95. The van der Waals surface area contributed by atoms with E-state index >= 15 is 0 Å². The molecule has 1 aliphatic carbocycles. The summed E-state index contributed by atoms with van der Waals surface area (Å²) in [5.74, 6) is -0.337. The van der Waals surface area contributed by atoms with Crippen LogP contribution >= 0.6 is 0 Å². The van der Waals surface area contributed by atoms with E-state index < -0.39 is 0 Å². The summed E-state index contributed by atoms with van der Waals surface area (Å²) in [5, 5.41) is 0. The Hall–Kier alpha value is -1.57. The maximum absolute atomic E-state index is 11.0. The van der Waals surface area contributed by atoms with Gasteiger partial charge >= 0.3 is 0 Å². The van der Waals surface area contributed by atoms with Gasteiger partial charge in [0.05, 0.1) is 0 Å². The molecule has 1 aromatic carbocycles. The lowest BCUT2D eigenvalue weighted by Crippen LogP contribution is -2.13. The highest BCUT2D eigenvalue weighted by Crippen LogP contribution is 2.22. The SMILES string of the molecule is NC(=O)c1cccc2c1CC=C2. The fourth-order valence-corrected chi connectivity index (χ4v) is 1.52. The van der Waals surface area contributed by atoms with E-state index in [-0.39, 0.29) is 5.91 Å². The van der Waals surface area contributed by atoms with Crippen LogP contribution in [-0.4, -0.2) is 5.91 Å². The van der Waals surface area contributed by atoms with Crippen LogP contribution in [0, 0.1) is 0 Å². The fourth-order valence-electron chi connectivity index (χ4n) is 1.52. The first-order chi connectivity index (χ1) is 5.79. The number of amides is 1. The van der Waals surface area contributed by atoms with Crippen LogP contribution in [0.5, 0.6) is 0 Å². The van der Waals surface area contributed by atoms with E-state index in [0.717, 1.165) is 17.5 Å². The van der Waals surface area contributed by atoms with Crippen LogP contribution in [0.1, 0.15) is 21.5 Å². The monoisotopic (exact) mass is 159 g/mol. The number of hydrogen-bond donors (Lipinski definition) is 1. The van der Waals surface area contributed by atoms with Crippen molar-refractivity contribution in [2.75, 3.05) is 0 Å². The number of hydrogen-bond acceptors (Lipinski definition) is 1. The molecule has 1 aliphatic rings. The van der Waals surface area contributed by atoms with Gasteiger partial charge in [0.15, 0.2) is 0 Å². The largest absolute Gasteiger partial charge is 0.366 e. The molecule has 0 radical (unpaired) electrons.